The van der Waals surface area contributed by atoms with Crippen molar-refractivity contribution in [1.82, 2.24) is 4.90 Å². The predicted molar refractivity (Wildman–Crippen MR) is 72.7 cm³/mol. The number of nitrogens with zero attached hydrogens (tertiary/aromatic N) is 1. The maximum Gasteiger partial charge on any atom is 0.154 e. The molecule has 1 N–H and O–H groups in total. The van der Waals surface area contributed by atoms with Crippen molar-refractivity contribution in [3.8, 4) is 0 Å². The van der Waals surface area contributed by atoms with Crippen molar-refractivity contribution in [2.45, 2.75) is 63.5 Å². The van der Waals surface area contributed by atoms with E-state index in [0.717, 1.165) is 58.0 Å². The van der Waals surface area contributed by atoms with Gasteiger partial charge in [-0.1, -0.05) is 6.92 Å². The van der Waals surface area contributed by atoms with Gasteiger partial charge in [0.1, 0.15) is 0 Å². The lowest BCUT2D eigenvalue weighted by Crippen LogP contribution is -2.67. The number of hydrogen-bond donors (Lipinski definition) is 1. The van der Waals surface area contributed by atoms with Crippen molar-refractivity contribution in [3.05, 3.63) is 0 Å². The van der Waals surface area contributed by atoms with E-state index in [4.69, 9.17) is 0 Å². The number of piperidine rings is 1. The molecule has 4 aliphatic rings. The monoisotopic (exact) mass is 263 g/mol. The maximum atomic E-state index is 12.9. The van der Waals surface area contributed by atoms with E-state index < -0.39 is 0 Å². The lowest BCUT2D eigenvalue weighted by Gasteiger charge is -2.58. The van der Waals surface area contributed by atoms with Crippen LogP contribution in [0.1, 0.15) is 51.9 Å². The van der Waals surface area contributed by atoms with Crippen molar-refractivity contribution in [1.29, 1.82) is 0 Å². The zero-order chi connectivity index (χ0) is 13.3. The maximum absolute atomic E-state index is 12.9. The minimum absolute atomic E-state index is 0.0919. The lowest BCUT2D eigenvalue weighted by atomic mass is 9.53. The summed E-state index contributed by atoms with van der Waals surface area (Å²) in [6.07, 6.45) is 6.92. The van der Waals surface area contributed by atoms with Crippen LogP contribution in [0.3, 0.4) is 0 Å². The average Bonchev–Trinajstić information content (AvgIpc) is 2.89. The number of hydrogen-bond acceptors (Lipinski definition) is 3. The first-order chi connectivity index (χ1) is 9.11. The minimum atomic E-state index is -0.268. The SMILES string of the molecule is C[C@@H]1C[C@H]2CC(=O)[C@@]34CCCN3CCC[C@]24[C@@H](O)C1. The quantitative estimate of drug-likeness (QED) is 0.726. The van der Waals surface area contributed by atoms with Gasteiger partial charge in [0.05, 0.1) is 11.6 Å². The first kappa shape index (κ1) is 12.3. The molecule has 4 fully saturated rings. The van der Waals surface area contributed by atoms with Gasteiger partial charge in [0.2, 0.25) is 0 Å². The number of aliphatic hydroxyl groups is 1. The highest BCUT2D eigenvalue weighted by Crippen LogP contribution is 2.65. The number of carbonyl (C=O) groups is 1. The van der Waals surface area contributed by atoms with Crippen molar-refractivity contribution in [3.63, 3.8) is 0 Å². The van der Waals surface area contributed by atoms with Gasteiger partial charge < -0.3 is 5.11 Å². The van der Waals surface area contributed by atoms with Crippen LogP contribution in [0.15, 0.2) is 0 Å². The van der Waals surface area contributed by atoms with Crippen LogP contribution in [0.2, 0.25) is 0 Å². The summed E-state index contributed by atoms with van der Waals surface area (Å²) in [6, 6.07) is 0. The second kappa shape index (κ2) is 3.82. The normalized spacial score (nSPS) is 53.8. The molecule has 0 amide bonds. The minimum Gasteiger partial charge on any atom is -0.392 e. The largest absolute Gasteiger partial charge is 0.392 e. The first-order valence-electron chi connectivity index (χ1n) is 8.07. The fraction of sp³-hybridized carbons (Fsp3) is 0.938. The van der Waals surface area contributed by atoms with Crippen LogP contribution in [-0.2, 0) is 4.79 Å². The Morgan fingerprint density at radius 2 is 1.95 bits per heavy atom. The van der Waals surface area contributed by atoms with Gasteiger partial charge in [0.25, 0.3) is 0 Å². The Morgan fingerprint density at radius 1 is 1.21 bits per heavy atom. The Kier molecular flexibility index (Phi) is 2.48. The zero-order valence-corrected chi connectivity index (χ0v) is 11.9. The second-order valence-electron chi connectivity index (χ2n) is 7.51. The molecule has 3 heteroatoms. The highest BCUT2D eigenvalue weighted by atomic mass is 16.3. The van der Waals surface area contributed by atoms with Gasteiger partial charge in [0, 0.05) is 11.8 Å². The van der Waals surface area contributed by atoms with Crippen LogP contribution < -0.4 is 0 Å². The van der Waals surface area contributed by atoms with E-state index in [9.17, 15) is 9.90 Å². The predicted octanol–water partition coefficient (Wildman–Crippen LogP) is 1.98. The van der Waals surface area contributed by atoms with Gasteiger partial charge in [-0.05, 0) is 63.5 Å². The fourth-order valence-electron chi connectivity index (χ4n) is 6.35. The Balaban J connectivity index is 1.86. The van der Waals surface area contributed by atoms with E-state index in [-0.39, 0.29) is 17.1 Å². The third-order valence-electron chi connectivity index (χ3n) is 6.82. The van der Waals surface area contributed by atoms with Crippen molar-refractivity contribution in [2.24, 2.45) is 17.3 Å². The van der Waals surface area contributed by atoms with Crippen LogP contribution in [0, 0.1) is 17.3 Å². The summed E-state index contributed by atoms with van der Waals surface area (Å²) in [5.41, 5.74) is -0.360. The molecule has 2 spiro atoms. The number of ketones is 1. The average molecular weight is 263 g/mol. The topological polar surface area (TPSA) is 40.5 Å². The van der Waals surface area contributed by atoms with Gasteiger partial charge in [-0.15, -0.1) is 0 Å². The lowest BCUT2D eigenvalue weighted by molar-refractivity contribution is -0.162. The van der Waals surface area contributed by atoms with Gasteiger partial charge in [0.15, 0.2) is 5.78 Å². The van der Waals surface area contributed by atoms with Crippen molar-refractivity contribution >= 4 is 5.78 Å². The van der Waals surface area contributed by atoms with E-state index in [1.807, 2.05) is 0 Å². The number of Topliss-reactive ketones (excluding diaryl/α,β-unsaturated/α-hetero) is 1. The molecule has 4 rings (SSSR count). The third kappa shape index (κ3) is 1.25. The molecule has 3 nitrogen and oxygen atoms in total. The van der Waals surface area contributed by atoms with Gasteiger partial charge >= 0.3 is 0 Å². The number of carbonyl (C=O) groups excluding carboxylic acids is 1. The number of rotatable bonds is 0. The number of aliphatic hydroxyl groups excluding tert-OH is 1. The molecule has 0 unspecified atom stereocenters. The van der Waals surface area contributed by atoms with E-state index in [1.165, 1.54) is 0 Å². The van der Waals surface area contributed by atoms with Crippen molar-refractivity contribution in [2.75, 3.05) is 13.1 Å². The summed E-state index contributed by atoms with van der Waals surface area (Å²) in [5.74, 6) is 1.48. The standard InChI is InChI=1S/C16H25NO2/c1-11-8-12-10-14(19)16-5-3-7-17(16)6-2-4-15(12,16)13(18)9-11/h11-13,18H,2-10H2,1H3/t11-,12+,13+,15-,16-/m1/s1. The highest BCUT2D eigenvalue weighted by Gasteiger charge is 2.72. The highest BCUT2D eigenvalue weighted by molar-refractivity contribution is 5.93. The molecule has 2 aliphatic heterocycles. The summed E-state index contributed by atoms with van der Waals surface area (Å²) in [6.45, 7) is 4.38. The molecule has 0 radical (unpaired) electrons. The summed E-state index contributed by atoms with van der Waals surface area (Å²) in [5, 5.41) is 10.9. The first-order valence-corrected chi connectivity index (χ1v) is 8.07. The van der Waals surface area contributed by atoms with E-state index >= 15 is 0 Å². The molecule has 0 aromatic heterocycles. The molecule has 19 heavy (non-hydrogen) atoms. The van der Waals surface area contributed by atoms with Crippen LogP contribution in [0.5, 0.6) is 0 Å². The van der Waals surface area contributed by atoms with Crippen LogP contribution in [-0.4, -0.2) is 40.5 Å². The molecule has 0 bridgehead atoms. The van der Waals surface area contributed by atoms with Gasteiger partial charge in [-0.25, -0.2) is 0 Å². The molecule has 5 atom stereocenters. The molecule has 2 saturated carbocycles. The Hall–Kier alpha value is -0.410. The molecule has 2 saturated heterocycles. The molecule has 2 heterocycles. The van der Waals surface area contributed by atoms with Crippen LogP contribution >= 0.6 is 0 Å². The summed E-state index contributed by atoms with van der Waals surface area (Å²) < 4.78 is 0. The Labute approximate surface area is 115 Å². The molecular weight excluding hydrogens is 238 g/mol. The third-order valence-corrected chi connectivity index (χ3v) is 6.82. The van der Waals surface area contributed by atoms with E-state index in [2.05, 4.69) is 11.8 Å². The summed E-state index contributed by atoms with van der Waals surface area (Å²) >= 11 is 0. The molecule has 0 aromatic rings. The Morgan fingerprint density at radius 3 is 2.74 bits per heavy atom. The summed E-state index contributed by atoms with van der Waals surface area (Å²) in [7, 11) is 0. The van der Waals surface area contributed by atoms with Gasteiger partial charge in [-0.2, -0.15) is 0 Å². The molecule has 2 aliphatic carbocycles. The molecule has 0 aromatic carbocycles. The smallest absolute Gasteiger partial charge is 0.154 e. The summed E-state index contributed by atoms with van der Waals surface area (Å²) in [4.78, 5) is 15.3. The Bertz CT molecular complexity index is 423. The van der Waals surface area contributed by atoms with Crippen LogP contribution in [0.4, 0.5) is 0 Å². The molecular formula is C16H25NO2. The van der Waals surface area contributed by atoms with E-state index in [1.54, 1.807) is 0 Å². The second-order valence-corrected chi connectivity index (χ2v) is 7.51. The zero-order valence-electron chi connectivity index (χ0n) is 11.9. The van der Waals surface area contributed by atoms with E-state index in [0.29, 0.717) is 17.6 Å². The van der Waals surface area contributed by atoms with Gasteiger partial charge in [-0.3, -0.25) is 9.69 Å². The van der Waals surface area contributed by atoms with Crippen molar-refractivity contribution < 1.29 is 9.90 Å². The fourth-order valence-corrected chi connectivity index (χ4v) is 6.35. The van der Waals surface area contributed by atoms with Crippen LogP contribution in [0.25, 0.3) is 0 Å². The molecule has 106 valence electrons.